The summed E-state index contributed by atoms with van der Waals surface area (Å²) in [5.41, 5.74) is 3.02. The fraction of sp³-hybridized carbons (Fsp3) is 0.394. The van der Waals surface area contributed by atoms with Gasteiger partial charge in [-0.05, 0) is 61.1 Å². The number of amides is 2. The molecule has 1 unspecified atom stereocenters. The van der Waals surface area contributed by atoms with Crippen molar-refractivity contribution in [2.45, 2.75) is 50.5 Å². The number of halogens is 3. The Kier molecular flexibility index (Phi) is 12.5. The van der Waals surface area contributed by atoms with Crippen molar-refractivity contribution in [1.82, 2.24) is 15.1 Å². The lowest BCUT2D eigenvalue weighted by atomic mass is 9.79. The van der Waals surface area contributed by atoms with Gasteiger partial charge in [-0.1, -0.05) is 89.9 Å². The van der Waals surface area contributed by atoms with Gasteiger partial charge in [0, 0.05) is 39.5 Å². The van der Waals surface area contributed by atoms with Gasteiger partial charge in [0.25, 0.3) is 0 Å². The van der Waals surface area contributed by atoms with Crippen LogP contribution in [0.15, 0.2) is 78.9 Å². The van der Waals surface area contributed by atoms with Crippen molar-refractivity contribution in [3.05, 3.63) is 106 Å². The standard InChI is InChI=1S/C33H39Cl2N3O2.ClH/c1-25(39)37(2)33(29-13-7-4-8-14-29)17-20-38(21-18-33)19-9-12-28(27-15-16-30(34)31(35)23-27)24-36-32(40)22-26-10-5-3-6-11-26;/h3-8,10-11,13-16,23,28H,9,12,17-22,24H2,1-2H3,(H,36,40);1H. The minimum atomic E-state index is -0.269. The van der Waals surface area contributed by atoms with Crippen molar-refractivity contribution in [3.63, 3.8) is 0 Å². The minimum absolute atomic E-state index is 0. The van der Waals surface area contributed by atoms with Crippen LogP contribution in [0.3, 0.4) is 0 Å². The second-order valence-corrected chi connectivity index (χ2v) is 11.6. The van der Waals surface area contributed by atoms with Crippen LogP contribution in [0.2, 0.25) is 10.0 Å². The number of hydrogen-bond donors (Lipinski definition) is 1. The van der Waals surface area contributed by atoms with Crippen LogP contribution < -0.4 is 5.32 Å². The van der Waals surface area contributed by atoms with E-state index in [0.717, 1.165) is 56.4 Å². The van der Waals surface area contributed by atoms with E-state index in [9.17, 15) is 9.59 Å². The number of rotatable bonds is 11. The molecule has 41 heavy (non-hydrogen) atoms. The number of piperidine rings is 1. The Hall–Kier alpha value is -2.57. The van der Waals surface area contributed by atoms with Gasteiger partial charge >= 0.3 is 0 Å². The van der Waals surface area contributed by atoms with E-state index in [2.05, 4.69) is 34.5 Å². The van der Waals surface area contributed by atoms with Crippen LogP contribution in [0.5, 0.6) is 0 Å². The lowest BCUT2D eigenvalue weighted by Gasteiger charge is -2.47. The average Bonchev–Trinajstić information content (AvgIpc) is 2.97. The first kappa shape index (κ1) is 32.9. The Morgan fingerprint density at radius 1 is 0.951 bits per heavy atom. The summed E-state index contributed by atoms with van der Waals surface area (Å²) in [5, 5.41) is 4.20. The van der Waals surface area contributed by atoms with E-state index in [1.54, 1.807) is 6.92 Å². The Bertz CT molecular complexity index is 1270. The van der Waals surface area contributed by atoms with Crippen LogP contribution in [-0.4, -0.2) is 54.8 Å². The first-order chi connectivity index (χ1) is 19.3. The van der Waals surface area contributed by atoms with E-state index in [4.69, 9.17) is 23.2 Å². The zero-order valence-corrected chi connectivity index (χ0v) is 26.2. The Morgan fingerprint density at radius 2 is 1.59 bits per heavy atom. The van der Waals surface area contributed by atoms with E-state index in [1.807, 2.05) is 66.5 Å². The second kappa shape index (κ2) is 15.6. The summed E-state index contributed by atoms with van der Waals surface area (Å²) >= 11 is 12.5. The second-order valence-electron chi connectivity index (χ2n) is 10.8. The van der Waals surface area contributed by atoms with Gasteiger partial charge in [0.05, 0.1) is 22.0 Å². The van der Waals surface area contributed by atoms with Crippen molar-refractivity contribution < 1.29 is 9.59 Å². The predicted octanol–water partition coefficient (Wildman–Crippen LogP) is 7.11. The van der Waals surface area contributed by atoms with Crippen molar-refractivity contribution in [2.75, 3.05) is 33.2 Å². The Balaban J connectivity index is 0.00000462. The quantitative estimate of drug-likeness (QED) is 0.250. The summed E-state index contributed by atoms with van der Waals surface area (Å²) in [7, 11) is 1.93. The highest BCUT2D eigenvalue weighted by atomic mass is 35.5. The van der Waals surface area contributed by atoms with Crippen molar-refractivity contribution in [3.8, 4) is 0 Å². The van der Waals surface area contributed by atoms with Gasteiger partial charge in [-0.2, -0.15) is 0 Å². The van der Waals surface area contributed by atoms with E-state index >= 15 is 0 Å². The van der Waals surface area contributed by atoms with Gasteiger partial charge < -0.3 is 15.1 Å². The topological polar surface area (TPSA) is 52.7 Å². The summed E-state index contributed by atoms with van der Waals surface area (Å²) in [4.78, 5) is 29.5. The minimum Gasteiger partial charge on any atom is -0.355 e. The summed E-state index contributed by atoms with van der Waals surface area (Å²) in [5.74, 6) is 0.238. The number of nitrogens with zero attached hydrogens (tertiary/aromatic N) is 2. The zero-order valence-electron chi connectivity index (χ0n) is 23.8. The summed E-state index contributed by atoms with van der Waals surface area (Å²) in [6, 6.07) is 26.0. The molecule has 3 aromatic rings. The predicted molar refractivity (Wildman–Crippen MR) is 171 cm³/mol. The molecule has 0 radical (unpaired) electrons. The van der Waals surface area contributed by atoms with Gasteiger partial charge in [0.15, 0.2) is 0 Å². The van der Waals surface area contributed by atoms with E-state index in [1.165, 1.54) is 5.56 Å². The molecule has 1 fully saturated rings. The molecule has 1 N–H and O–H groups in total. The monoisotopic (exact) mass is 615 g/mol. The summed E-state index contributed by atoms with van der Waals surface area (Å²) in [6.45, 7) is 5.02. The van der Waals surface area contributed by atoms with Crippen LogP contribution in [0.4, 0.5) is 0 Å². The fourth-order valence-corrected chi connectivity index (χ4v) is 6.12. The maximum absolute atomic E-state index is 12.7. The number of nitrogens with one attached hydrogen (secondary N) is 1. The molecular formula is C33H40Cl3N3O2. The number of benzene rings is 3. The molecule has 0 aromatic heterocycles. The molecule has 1 aliphatic heterocycles. The van der Waals surface area contributed by atoms with Crippen molar-refractivity contribution in [1.29, 1.82) is 0 Å². The third-order valence-corrected chi connectivity index (χ3v) is 9.04. The first-order valence-electron chi connectivity index (χ1n) is 14.1. The highest BCUT2D eigenvalue weighted by molar-refractivity contribution is 6.42. The molecule has 0 saturated carbocycles. The SMILES string of the molecule is CC(=O)N(C)C1(c2ccccc2)CCN(CCCC(CNC(=O)Cc2ccccc2)c2ccc(Cl)c(Cl)c2)CC1.Cl. The fourth-order valence-electron chi connectivity index (χ4n) is 5.81. The molecule has 4 rings (SSSR count). The molecule has 3 aromatic carbocycles. The molecule has 8 heteroatoms. The zero-order chi connectivity index (χ0) is 28.5. The molecule has 0 bridgehead atoms. The Labute approximate surface area is 260 Å². The third kappa shape index (κ3) is 8.71. The molecule has 2 amide bonds. The summed E-state index contributed by atoms with van der Waals surface area (Å²) < 4.78 is 0. The highest BCUT2D eigenvalue weighted by Gasteiger charge is 2.40. The molecule has 1 heterocycles. The highest BCUT2D eigenvalue weighted by Crippen LogP contribution is 2.38. The lowest BCUT2D eigenvalue weighted by Crippen LogP contribution is -2.53. The molecule has 1 aliphatic rings. The van der Waals surface area contributed by atoms with Gasteiger partial charge in [-0.3, -0.25) is 9.59 Å². The maximum atomic E-state index is 12.7. The number of carbonyl (C=O) groups is 2. The molecular weight excluding hydrogens is 577 g/mol. The smallest absolute Gasteiger partial charge is 0.224 e. The number of likely N-dealkylation sites (tertiary alicyclic amines) is 1. The lowest BCUT2D eigenvalue weighted by molar-refractivity contribution is -0.136. The van der Waals surface area contributed by atoms with E-state index in [0.29, 0.717) is 23.0 Å². The van der Waals surface area contributed by atoms with E-state index < -0.39 is 0 Å². The summed E-state index contributed by atoms with van der Waals surface area (Å²) in [6.07, 6.45) is 4.07. The molecule has 1 atom stereocenters. The van der Waals surface area contributed by atoms with Crippen LogP contribution >= 0.6 is 35.6 Å². The molecule has 5 nitrogen and oxygen atoms in total. The van der Waals surface area contributed by atoms with Gasteiger partial charge in [-0.25, -0.2) is 0 Å². The molecule has 1 saturated heterocycles. The van der Waals surface area contributed by atoms with Gasteiger partial charge in [-0.15, -0.1) is 12.4 Å². The van der Waals surface area contributed by atoms with E-state index in [-0.39, 0.29) is 35.7 Å². The first-order valence-corrected chi connectivity index (χ1v) is 14.8. The Morgan fingerprint density at radius 3 is 2.20 bits per heavy atom. The van der Waals surface area contributed by atoms with Crippen LogP contribution in [0, 0.1) is 0 Å². The van der Waals surface area contributed by atoms with Crippen molar-refractivity contribution >= 4 is 47.4 Å². The average molecular weight is 617 g/mol. The van der Waals surface area contributed by atoms with Gasteiger partial charge in [0.2, 0.25) is 11.8 Å². The number of carbonyl (C=O) groups excluding carboxylic acids is 2. The van der Waals surface area contributed by atoms with Gasteiger partial charge in [0.1, 0.15) is 0 Å². The van der Waals surface area contributed by atoms with Crippen LogP contribution in [0.25, 0.3) is 0 Å². The van der Waals surface area contributed by atoms with Crippen LogP contribution in [-0.2, 0) is 21.5 Å². The third-order valence-electron chi connectivity index (χ3n) is 8.30. The molecule has 0 aliphatic carbocycles. The maximum Gasteiger partial charge on any atom is 0.224 e. The van der Waals surface area contributed by atoms with Crippen molar-refractivity contribution in [2.24, 2.45) is 0 Å². The normalized spacial score (nSPS) is 15.4. The molecule has 0 spiro atoms. The number of hydrogen-bond acceptors (Lipinski definition) is 3. The molecule has 220 valence electrons. The van der Waals surface area contributed by atoms with Crippen LogP contribution in [0.1, 0.15) is 55.2 Å². The largest absolute Gasteiger partial charge is 0.355 e.